The van der Waals surface area contributed by atoms with Gasteiger partial charge in [-0.3, -0.25) is 14.9 Å². The number of nitro groups is 1. The highest BCUT2D eigenvalue weighted by Gasteiger charge is 2.62. The number of rotatable bonds is 3. The molecular formula is C13H19NO5. The van der Waals surface area contributed by atoms with Crippen LogP contribution in [0.2, 0.25) is 0 Å². The zero-order chi connectivity index (χ0) is 13.8. The van der Waals surface area contributed by atoms with Gasteiger partial charge in [0.15, 0.2) is 0 Å². The molecule has 0 amide bonds. The van der Waals surface area contributed by atoms with E-state index in [0.29, 0.717) is 6.42 Å². The summed E-state index contributed by atoms with van der Waals surface area (Å²) in [7, 11) is 0. The molecule has 3 fully saturated rings. The van der Waals surface area contributed by atoms with E-state index in [1.54, 1.807) is 0 Å². The molecule has 0 aromatic heterocycles. The van der Waals surface area contributed by atoms with Crippen LogP contribution in [-0.2, 0) is 14.3 Å². The molecule has 1 heterocycles. The summed E-state index contributed by atoms with van der Waals surface area (Å²) in [6.07, 6.45) is 2.33. The Morgan fingerprint density at radius 2 is 2.21 bits per heavy atom. The van der Waals surface area contributed by atoms with Gasteiger partial charge in [-0.1, -0.05) is 13.8 Å². The molecule has 19 heavy (non-hydrogen) atoms. The van der Waals surface area contributed by atoms with Crippen molar-refractivity contribution in [3.63, 3.8) is 0 Å². The maximum Gasteiger partial charge on any atom is 0.316 e. The van der Waals surface area contributed by atoms with E-state index < -0.39 is 17.9 Å². The molecule has 3 rings (SSSR count). The van der Waals surface area contributed by atoms with Gasteiger partial charge in [0, 0.05) is 29.3 Å². The predicted octanol–water partition coefficient (Wildman–Crippen LogP) is 1.40. The maximum atomic E-state index is 11.9. The molecule has 1 saturated heterocycles. The summed E-state index contributed by atoms with van der Waals surface area (Å²) in [5.41, 5.74) is -0.181. The second kappa shape index (κ2) is 4.16. The molecule has 6 nitrogen and oxygen atoms in total. The summed E-state index contributed by atoms with van der Waals surface area (Å²) >= 11 is 0. The van der Waals surface area contributed by atoms with Crippen molar-refractivity contribution in [2.45, 2.75) is 51.4 Å². The Bertz CT molecular complexity index is 421. The number of esters is 1. The van der Waals surface area contributed by atoms with Crippen LogP contribution in [-0.4, -0.2) is 35.7 Å². The fourth-order valence-corrected chi connectivity index (χ4v) is 3.60. The zero-order valence-electron chi connectivity index (χ0n) is 11.2. The highest BCUT2D eigenvalue weighted by atomic mass is 16.6. The van der Waals surface area contributed by atoms with Gasteiger partial charge in [-0.15, -0.1) is 0 Å². The summed E-state index contributed by atoms with van der Waals surface area (Å²) in [5, 5.41) is 10.6. The van der Waals surface area contributed by atoms with E-state index in [0.717, 1.165) is 19.4 Å². The first kappa shape index (κ1) is 12.8. The van der Waals surface area contributed by atoms with Crippen LogP contribution < -0.4 is 0 Å². The molecule has 0 unspecified atom stereocenters. The topological polar surface area (TPSA) is 78.7 Å². The number of hydrogen-bond acceptors (Lipinski definition) is 5. The van der Waals surface area contributed by atoms with E-state index in [-0.39, 0.29) is 28.5 Å². The minimum Gasteiger partial charge on any atom is -0.461 e. The van der Waals surface area contributed by atoms with Crippen molar-refractivity contribution in [3.05, 3.63) is 10.1 Å². The number of ether oxygens (including phenoxy) is 2. The molecule has 2 saturated carbocycles. The third kappa shape index (κ3) is 1.93. The van der Waals surface area contributed by atoms with E-state index in [4.69, 9.17) is 9.47 Å². The van der Waals surface area contributed by atoms with Crippen LogP contribution in [0.5, 0.6) is 0 Å². The molecule has 2 aliphatic carbocycles. The molecular weight excluding hydrogens is 250 g/mol. The van der Waals surface area contributed by atoms with Gasteiger partial charge in [0.05, 0.1) is 6.10 Å². The third-order valence-corrected chi connectivity index (χ3v) is 4.80. The molecule has 0 bridgehead atoms. The molecule has 6 heteroatoms. The normalized spacial score (nSPS) is 42.7. The lowest BCUT2D eigenvalue weighted by Crippen LogP contribution is -2.65. The van der Waals surface area contributed by atoms with Crippen LogP contribution in [0, 0.1) is 27.4 Å². The molecule has 0 radical (unpaired) electrons. The Kier molecular flexibility index (Phi) is 2.81. The van der Waals surface area contributed by atoms with Crippen LogP contribution in [0.25, 0.3) is 0 Å². The van der Waals surface area contributed by atoms with Crippen LogP contribution in [0.3, 0.4) is 0 Å². The van der Waals surface area contributed by atoms with Gasteiger partial charge in [-0.25, -0.2) is 0 Å². The fourth-order valence-electron chi connectivity index (χ4n) is 3.60. The van der Waals surface area contributed by atoms with E-state index in [9.17, 15) is 14.9 Å². The summed E-state index contributed by atoms with van der Waals surface area (Å²) in [5.74, 6) is -0.668. The number of carbonyl (C=O) groups is 1. The van der Waals surface area contributed by atoms with Gasteiger partial charge in [0.2, 0.25) is 6.04 Å². The van der Waals surface area contributed by atoms with Crippen LogP contribution >= 0.6 is 0 Å². The van der Waals surface area contributed by atoms with Crippen LogP contribution in [0.1, 0.15) is 33.1 Å². The number of nitrogens with zero attached hydrogens (tertiary/aromatic N) is 1. The molecule has 1 aliphatic heterocycles. The molecule has 0 aromatic rings. The van der Waals surface area contributed by atoms with Crippen molar-refractivity contribution in [3.8, 4) is 0 Å². The van der Waals surface area contributed by atoms with Crippen molar-refractivity contribution in [1.82, 2.24) is 0 Å². The van der Waals surface area contributed by atoms with Crippen LogP contribution in [0.4, 0.5) is 0 Å². The second-order valence-corrected chi connectivity index (χ2v) is 6.47. The minimum atomic E-state index is -0.728. The molecule has 106 valence electrons. The first-order chi connectivity index (χ1) is 8.93. The standard InChI is InChI=1S/C13H19NO5/c1-13(2)10-7(4-3-5-18-10)11(13)19-12(15)8-6-9(8)14(16)17/h7-11H,3-6H2,1-2H3/t7-,8+,9+,10+,11-/m0/s1. The molecule has 0 N–H and O–H groups in total. The fraction of sp³-hybridized carbons (Fsp3) is 0.923. The lowest BCUT2D eigenvalue weighted by atomic mass is 9.57. The Hall–Kier alpha value is -1.17. The van der Waals surface area contributed by atoms with Gasteiger partial charge in [0.1, 0.15) is 12.0 Å². The molecule has 0 spiro atoms. The summed E-state index contributed by atoms with van der Waals surface area (Å²) in [6, 6.07) is -0.728. The Morgan fingerprint density at radius 3 is 2.84 bits per heavy atom. The van der Waals surface area contributed by atoms with Gasteiger partial charge in [-0.05, 0) is 12.8 Å². The number of carbonyl (C=O) groups excluding carboxylic acids is 1. The first-order valence-electron chi connectivity index (χ1n) is 6.88. The average molecular weight is 269 g/mol. The van der Waals surface area contributed by atoms with Crippen molar-refractivity contribution in [1.29, 1.82) is 0 Å². The van der Waals surface area contributed by atoms with E-state index >= 15 is 0 Å². The van der Waals surface area contributed by atoms with Gasteiger partial charge < -0.3 is 9.47 Å². The number of fused-ring (bicyclic) bond motifs is 1. The molecule has 0 aromatic carbocycles. The summed E-state index contributed by atoms with van der Waals surface area (Å²) in [6.45, 7) is 4.85. The maximum absolute atomic E-state index is 11.9. The first-order valence-corrected chi connectivity index (χ1v) is 6.88. The van der Waals surface area contributed by atoms with Gasteiger partial charge in [-0.2, -0.15) is 0 Å². The predicted molar refractivity (Wildman–Crippen MR) is 65.0 cm³/mol. The van der Waals surface area contributed by atoms with Crippen molar-refractivity contribution < 1.29 is 19.2 Å². The third-order valence-electron chi connectivity index (χ3n) is 4.80. The van der Waals surface area contributed by atoms with Gasteiger partial charge in [0.25, 0.3) is 0 Å². The SMILES string of the molecule is CC1(C)[C@@H]2OCCC[C@@H]2[C@@H]1OC(=O)[C@@H]1C[C@H]1[N+](=O)[O-]. The van der Waals surface area contributed by atoms with Crippen molar-refractivity contribution >= 4 is 5.97 Å². The smallest absolute Gasteiger partial charge is 0.316 e. The summed E-state index contributed by atoms with van der Waals surface area (Å²) in [4.78, 5) is 22.1. The zero-order valence-corrected chi connectivity index (χ0v) is 11.2. The molecule has 5 atom stereocenters. The Labute approximate surface area is 111 Å². The largest absolute Gasteiger partial charge is 0.461 e. The van der Waals surface area contributed by atoms with E-state index in [1.807, 2.05) is 13.8 Å². The Morgan fingerprint density at radius 1 is 1.47 bits per heavy atom. The highest BCUT2D eigenvalue weighted by molar-refractivity contribution is 5.76. The Balaban J connectivity index is 1.61. The van der Waals surface area contributed by atoms with Gasteiger partial charge >= 0.3 is 5.97 Å². The van der Waals surface area contributed by atoms with E-state index in [2.05, 4.69) is 0 Å². The van der Waals surface area contributed by atoms with Crippen molar-refractivity contribution in [2.75, 3.05) is 6.61 Å². The summed E-state index contributed by atoms with van der Waals surface area (Å²) < 4.78 is 11.3. The molecule has 3 aliphatic rings. The monoisotopic (exact) mass is 269 g/mol. The highest BCUT2D eigenvalue weighted by Crippen LogP contribution is 2.53. The lowest BCUT2D eigenvalue weighted by Gasteiger charge is -2.58. The second-order valence-electron chi connectivity index (χ2n) is 6.47. The number of hydrogen-bond donors (Lipinski definition) is 0. The van der Waals surface area contributed by atoms with Crippen molar-refractivity contribution in [2.24, 2.45) is 17.3 Å². The quantitative estimate of drug-likeness (QED) is 0.439. The average Bonchev–Trinajstić information content (AvgIpc) is 3.16. The van der Waals surface area contributed by atoms with Crippen LogP contribution in [0.15, 0.2) is 0 Å². The van der Waals surface area contributed by atoms with E-state index in [1.165, 1.54) is 0 Å². The lowest BCUT2D eigenvalue weighted by molar-refractivity contribution is -0.497. The minimum absolute atomic E-state index is 0.154.